The summed E-state index contributed by atoms with van der Waals surface area (Å²) in [6.45, 7) is 0. The number of carbonyl (C=O) groups is 2. The van der Waals surface area contributed by atoms with Crippen LogP contribution in [-0.4, -0.2) is 29.4 Å². The zero-order valence-electron chi connectivity index (χ0n) is 13.3. The lowest BCUT2D eigenvalue weighted by molar-refractivity contribution is -0.253. The van der Waals surface area contributed by atoms with Crippen molar-refractivity contribution >= 4 is 11.8 Å². The van der Waals surface area contributed by atoms with Crippen molar-refractivity contribution in [1.29, 1.82) is 0 Å². The third kappa shape index (κ3) is 5.05. The van der Waals surface area contributed by atoms with E-state index >= 15 is 0 Å². The highest BCUT2D eigenvalue weighted by Crippen LogP contribution is 2.29. The standard InChI is InChI=1S/C18H14F4O4/c19-17(20)18(21,22)26-14-7-5-12(6-8-14)11-1-3-13(4-2-11)15(23)9-10-16(24)25/h1-8,17H,9-10H2,(H,24,25). The molecule has 0 radical (unpaired) electrons. The van der Waals surface area contributed by atoms with Gasteiger partial charge in [-0.2, -0.15) is 17.6 Å². The minimum Gasteiger partial charge on any atom is -0.481 e. The lowest BCUT2D eigenvalue weighted by Gasteiger charge is -2.16. The van der Waals surface area contributed by atoms with Gasteiger partial charge in [-0.25, -0.2) is 0 Å². The number of rotatable bonds is 8. The molecule has 138 valence electrons. The average molecular weight is 370 g/mol. The number of ketones is 1. The molecule has 0 bridgehead atoms. The zero-order chi connectivity index (χ0) is 19.3. The Hall–Kier alpha value is -2.90. The second kappa shape index (κ2) is 7.99. The molecule has 0 aliphatic carbocycles. The van der Waals surface area contributed by atoms with Crippen LogP contribution in [0.15, 0.2) is 48.5 Å². The van der Waals surface area contributed by atoms with Gasteiger partial charge in [0.25, 0.3) is 0 Å². The molecule has 0 atom stereocenters. The Balaban J connectivity index is 2.07. The van der Waals surface area contributed by atoms with Gasteiger partial charge in [0.15, 0.2) is 5.78 Å². The van der Waals surface area contributed by atoms with Gasteiger partial charge in [-0.15, -0.1) is 0 Å². The molecule has 0 saturated carbocycles. The van der Waals surface area contributed by atoms with Crippen molar-refractivity contribution in [3.63, 3.8) is 0 Å². The fourth-order valence-electron chi connectivity index (χ4n) is 2.13. The van der Waals surface area contributed by atoms with E-state index in [0.29, 0.717) is 16.7 Å². The Morgan fingerprint density at radius 3 is 1.88 bits per heavy atom. The number of ether oxygens (including phenoxy) is 1. The molecule has 4 nitrogen and oxygen atoms in total. The van der Waals surface area contributed by atoms with Crippen molar-refractivity contribution in [2.24, 2.45) is 0 Å². The molecular weight excluding hydrogens is 356 g/mol. The average Bonchev–Trinajstić information content (AvgIpc) is 2.60. The van der Waals surface area contributed by atoms with Gasteiger partial charge in [0.05, 0.1) is 6.42 Å². The molecule has 2 aromatic carbocycles. The van der Waals surface area contributed by atoms with Crippen LogP contribution in [0.1, 0.15) is 23.2 Å². The van der Waals surface area contributed by atoms with Gasteiger partial charge in [0.1, 0.15) is 5.75 Å². The van der Waals surface area contributed by atoms with Crippen molar-refractivity contribution in [3.8, 4) is 16.9 Å². The van der Waals surface area contributed by atoms with Crippen molar-refractivity contribution in [2.75, 3.05) is 0 Å². The first kappa shape index (κ1) is 19.4. The van der Waals surface area contributed by atoms with Gasteiger partial charge in [0, 0.05) is 12.0 Å². The molecule has 0 saturated heterocycles. The summed E-state index contributed by atoms with van der Waals surface area (Å²) in [5, 5.41) is 8.57. The van der Waals surface area contributed by atoms with Gasteiger partial charge < -0.3 is 9.84 Å². The molecule has 0 unspecified atom stereocenters. The van der Waals surface area contributed by atoms with E-state index in [4.69, 9.17) is 5.11 Å². The Morgan fingerprint density at radius 2 is 1.42 bits per heavy atom. The third-order valence-electron chi connectivity index (χ3n) is 3.47. The molecule has 26 heavy (non-hydrogen) atoms. The van der Waals surface area contributed by atoms with Crippen molar-refractivity contribution in [1.82, 2.24) is 0 Å². The molecule has 0 aliphatic heterocycles. The Bertz CT molecular complexity index is 771. The number of carboxylic acids is 1. The maximum atomic E-state index is 12.8. The summed E-state index contributed by atoms with van der Waals surface area (Å²) < 4.78 is 53.9. The fourth-order valence-corrected chi connectivity index (χ4v) is 2.13. The number of alkyl halides is 4. The first-order valence-electron chi connectivity index (χ1n) is 7.49. The van der Waals surface area contributed by atoms with E-state index in [1.54, 1.807) is 12.1 Å². The second-order valence-electron chi connectivity index (χ2n) is 5.38. The van der Waals surface area contributed by atoms with Crippen molar-refractivity contribution < 1.29 is 37.0 Å². The van der Waals surface area contributed by atoms with Gasteiger partial charge in [-0.1, -0.05) is 36.4 Å². The molecule has 8 heteroatoms. The van der Waals surface area contributed by atoms with E-state index in [0.717, 1.165) is 12.1 Å². The van der Waals surface area contributed by atoms with E-state index in [1.165, 1.54) is 24.3 Å². The highest BCUT2D eigenvalue weighted by atomic mass is 19.3. The smallest absolute Gasteiger partial charge is 0.461 e. The molecule has 2 rings (SSSR count). The molecule has 0 amide bonds. The summed E-state index contributed by atoms with van der Waals surface area (Å²) in [6.07, 6.45) is -8.88. The predicted molar refractivity (Wildman–Crippen MR) is 84.7 cm³/mol. The quantitative estimate of drug-likeness (QED) is 0.543. The van der Waals surface area contributed by atoms with Crippen LogP contribution in [0.5, 0.6) is 5.75 Å². The van der Waals surface area contributed by atoms with E-state index in [1.807, 2.05) is 0 Å². The summed E-state index contributed by atoms with van der Waals surface area (Å²) in [6, 6.07) is 11.4. The zero-order valence-corrected chi connectivity index (χ0v) is 13.3. The molecule has 0 aliphatic rings. The van der Waals surface area contributed by atoms with Gasteiger partial charge in [0.2, 0.25) is 0 Å². The summed E-state index contributed by atoms with van der Waals surface area (Å²) >= 11 is 0. The first-order valence-corrected chi connectivity index (χ1v) is 7.49. The first-order chi connectivity index (χ1) is 12.2. The molecule has 0 spiro atoms. The lowest BCUT2D eigenvalue weighted by Crippen LogP contribution is -2.33. The molecule has 0 aromatic heterocycles. The van der Waals surface area contributed by atoms with Crippen LogP contribution in [0.25, 0.3) is 11.1 Å². The second-order valence-corrected chi connectivity index (χ2v) is 5.38. The third-order valence-corrected chi connectivity index (χ3v) is 3.47. The molecule has 0 heterocycles. The number of benzene rings is 2. The van der Waals surface area contributed by atoms with Crippen LogP contribution >= 0.6 is 0 Å². The maximum Gasteiger partial charge on any atom is 0.461 e. The van der Waals surface area contributed by atoms with Crippen LogP contribution < -0.4 is 4.74 Å². The Morgan fingerprint density at radius 1 is 0.923 bits per heavy atom. The van der Waals surface area contributed by atoms with E-state index in [9.17, 15) is 27.2 Å². The highest BCUT2D eigenvalue weighted by molar-refractivity contribution is 5.97. The van der Waals surface area contributed by atoms with Crippen LogP contribution in [-0.2, 0) is 4.79 Å². The number of hydrogen-bond donors (Lipinski definition) is 1. The lowest BCUT2D eigenvalue weighted by atomic mass is 10.0. The normalized spacial score (nSPS) is 11.4. The number of carboxylic acid groups (broad SMARTS) is 1. The topological polar surface area (TPSA) is 63.6 Å². The SMILES string of the molecule is O=C(O)CCC(=O)c1ccc(-c2ccc(OC(F)(F)C(F)F)cc2)cc1. The number of carbonyl (C=O) groups excluding carboxylic acids is 1. The van der Waals surface area contributed by atoms with Gasteiger partial charge >= 0.3 is 18.5 Å². The van der Waals surface area contributed by atoms with Crippen molar-refractivity contribution in [3.05, 3.63) is 54.1 Å². The minimum atomic E-state index is -4.57. The molecular formula is C18H14F4O4. The summed E-state index contributed by atoms with van der Waals surface area (Å²) in [5.41, 5.74) is 1.61. The number of halogens is 4. The minimum absolute atomic E-state index is 0.112. The predicted octanol–water partition coefficient (Wildman–Crippen LogP) is 4.64. The molecule has 0 fully saturated rings. The highest BCUT2D eigenvalue weighted by Gasteiger charge is 2.43. The van der Waals surface area contributed by atoms with E-state index in [-0.39, 0.29) is 18.6 Å². The summed E-state index contributed by atoms with van der Waals surface area (Å²) in [4.78, 5) is 22.3. The number of hydrogen-bond acceptors (Lipinski definition) is 3. The van der Waals surface area contributed by atoms with Crippen LogP contribution in [0, 0.1) is 0 Å². The van der Waals surface area contributed by atoms with Crippen LogP contribution in [0.4, 0.5) is 17.6 Å². The summed E-state index contributed by atoms with van der Waals surface area (Å²) in [5.74, 6) is -1.77. The largest absolute Gasteiger partial charge is 0.481 e. The fraction of sp³-hybridized carbons (Fsp3) is 0.222. The van der Waals surface area contributed by atoms with Crippen molar-refractivity contribution in [2.45, 2.75) is 25.4 Å². The Kier molecular flexibility index (Phi) is 5.97. The van der Waals surface area contributed by atoms with Crippen LogP contribution in [0.3, 0.4) is 0 Å². The Labute approximate surface area is 146 Å². The maximum absolute atomic E-state index is 12.8. The number of Topliss-reactive ketones (excluding diaryl/α,β-unsaturated/α-hetero) is 1. The molecule has 2 aromatic rings. The summed E-state index contributed by atoms with van der Waals surface area (Å²) in [7, 11) is 0. The van der Waals surface area contributed by atoms with E-state index < -0.39 is 24.3 Å². The van der Waals surface area contributed by atoms with E-state index in [2.05, 4.69) is 4.74 Å². The van der Waals surface area contributed by atoms with Crippen LogP contribution in [0.2, 0.25) is 0 Å². The molecule has 1 N–H and O–H groups in total. The van der Waals surface area contributed by atoms with Gasteiger partial charge in [-0.05, 0) is 23.3 Å². The van der Waals surface area contributed by atoms with Gasteiger partial charge in [-0.3, -0.25) is 9.59 Å². The monoisotopic (exact) mass is 370 g/mol. The number of aliphatic carboxylic acids is 1.